The molecule has 0 radical (unpaired) electrons. The van der Waals surface area contributed by atoms with Crippen LogP contribution in [0.5, 0.6) is 5.75 Å². The molecule has 0 aliphatic carbocycles. The van der Waals surface area contributed by atoms with Crippen LogP contribution in [0.15, 0.2) is 75.4 Å². The zero-order valence-corrected chi connectivity index (χ0v) is 19.0. The normalized spacial score (nSPS) is 11.3. The number of thioether (sulfide) groups is 1. The number of carbonyl (C=O) groups is 1. The number of rotatable bonds is 8. The molecule has 0 aliphatic heterocycles. The van der Waals surface area contributed by atoms with Gasteiger partial charge in [-0.15, -0.1) is 23.4 Å². The van der Waals surface area contributed by atoms with Crippen molar-refractivity contribution in [1.29, 1.82) is 0 Å². The van der Waals surface area contributed by atoms with Crippen LogP contribution in [0.2, 0.25) is 0 Å². The topological polar surface area (TPSA) is 135 Å². The van der Waals surface area contributed by atoms with Crippen LogP contribution in [0.1, 0.15) is 11.5 Å². The lowest BCUT2D eigenvalue weighted by Gasteiger charge is -2.11. The van der Waals surface area contributed by atoms with E-state index in [1.54, 1.807) is 4.57 Å². The third-order valence-corrected chi connectivity index (χ3v) is 5.51. The van der Waals surface area contributed by atoms with E-state index < -0.39 is 29.3 Å². The fraction of sp³-hybridized carbons (Fsp3) is 0.136. The van der Waals surface area contributed by atoms with Crippen molar-refractivity contribution in [1.82, 2.24) is 24.7 Å². The molecule has 0 bridgehead atoms. The number of halogens is 3. The predicted molar refractivity (Wildman–Crippen MR) is 124 cm³/mol. The summed E-state index contributed by atoms with van der Waals surface area (Å²) >= 11 is 1.08. The number of hydrogen-bond donors (Lipinski definition) is 3. The lowest BCUT2D eigenvalue weighted by Crippen LogP contribution is -2.23. The van der Waals surface area contributed by atoms with Gasteiger partial charge in [0.25, 0.3) is 5.56 Å². The van der Waals surface area contributed by atoms with Gasteiger partial charge in [0.1, 0.15) is 11.6 Å². The van der Waals surface area contributed by atoms with E-state index >= 15 is 0 Å². The molecule has 0 saturated heterocycles. The van der Waals surface area contributed by atoms with E-state index in [0.717, 1.165) is 23.9 Å². The molecule has 4 rings (SSSR count). The zero-order chi connectivity index (χ0) is 25.7. The molecule has 36 heavy (non-hydrogen) atoms. The highest BCUT2D eigenvalue weighted by Gasteiger charge is 2.31. The van der Waals surface area contributed by atoms with Gasteiger partial charge in [-0.2, -0.15) is 0 Å². The molecular formula is C22H17F3N6O4S. The number of anilines is 1. The predicted octanol–water partition coefficient (Wildman–Crippen LogP) is 2.86. The smallest absolute Gasteiger partial charge is 0.406 e. The molecule has 2 aromatic heterocycles. The Morgan fingerprint density at radius 2 is 1.75 bits per heavy atom. The van der Waals surface area contributed by atoms with Crippen LogP contribution in [-0.4, -0.2) is 42.8 Å². The van der Waals surface area contributed by atoms with Crippen molar-refractivity contribution in [3.05, 3.63) is 93.0 Å². The average molecular weight is 518 g/mol. The number of nitrogens with zero attached hydrogens (tertiary/aromatic N) is 3. The van der Waals surface area contributed by atoms with Crippen LogP contribution in [0.3, 0.4) is 0 Å². The number of benzene rings is 2. The highest BCUT2D eigenvalue weighted by Crippen LogP contribution is 2.25. The maximum atomic E-state index is 12.4. The van der Waals surface area contributed by atoms with Crippen molar-refractivity contribution in [2.45, 2.75) is 17.9 Å². The van der Waals surface area contributed by atoms with Gasteiger partial charge in [-0.3, -0.25) is 19.1 Å². The summed E-state index contributed by atoms with van der Waals surface area (Å²) in [4.78, 5) is 40.3. The highest BCUT2D eigenvalue weighted by molar-refractivity contribution is 7.99. The number of H-pyrrole nitrogens is 2. The van der Waals surface area contributed by atoms with Crippen LogP contribution in [0, 0.1) is 0 Å². The second kappa shape index (κ2) is 10.5. The molecular weight excluding hydrogens is 501 g/mol. The molecule has 0 spiro atoms. The Labute approximate surface area is 204 Å². The summed E-state index contributed by atoms with van der Waals surface area (Å²) in [6.45, 7) is 0. The van der Waals surface area contributed by atoms with Crippen molar-refractivity contribution >= 4 is 23.4 Å². The maximum absolute atomic E-state index is 12.4. The SMILES string of the molecule is O=C(CSc1nnc(Cc2cc(=O)[nH]c(=O)[nH]2)n1-c1ccccc1)Nc1ccc(OC(F)(F)F)cc1. The number of aromatic amines is 2. The Morgan fingerprint density at radius 1 is 1.03 bits per heavy atom. The van der Waals surface area contributed by atoms with Crippen molar-refractivity contribution in [3.8, 4) is 11.4 Å². The molecule has 14 heteroatoms. The highest BCUT2D eigenvalue weighted by atomic mass is 32.2. The van der Waals surface area contributed by atoms with Crippen molar-refractivity contribution in [3.63, 3.8) is 0 Å². The number of aromatic nitrogens is 5. The standard InChI is InChI=1S/C22H17F3N6O4S/c23-22(24,25)35-16-8-6-13(7-9-16)26-19(33)12-36-21-30-29-17(31(21)15-4-2-1-3-5-15)10-14-11-18(32)28-20(34)27-14/h1-9,11H,10,12H2,(H,26,33)(H2,27,28,32,34). The quantitative estimate of drug-likeness (QED) is 0.305. The number of carbonyl (C=O) groups excluding carboxylic acids is 1. The summed E-state index contributed by atoms with van der Waals surface area (Å²) < 4.78 is 42.4. The zero-order valence-electron chi connectivity index (χ0n) is 18.2. The van der Waals surface area contributed by atoms with E-state index in [2.05, 4.69) is 30.2 Å². The van der Waals surface area contributed by atoms with Gasteiger partial charge in [0.05, 0.1) is 5.75 Å². The fourth-order valence-corrected chi connectivity index (χ4v) is 3.97. The Morgan fingerprint density at radius 3 is 2.42 bits per heavy atom. The minimum atomic E-state index is -4.81. The molecule has 1 amide bonds. The van der Waals surface area contributed by atoms with Gasteiger partial charge in [-0.25, -0.2) is 4.79 Å². The van der Waals surface area contributed by atoms with E-state index in [4.69, 9.17) is 0 Å². The molecule has 0 unspecified atom stereocenters. The first-order chi connectivity index (χ1) is 17.2. The summed E-state index contributed by atoms with van der Waals surface area (Å²) in [5.74, 6) is -0.480. The minimum Gasteiger partial charge on any atom is -0.406 e. The van der Waals surface area contributed by atoms with E-state index in [-0.39, 0.29) is 12.2 Å². The summed E-state index contributed by atoms with van der Waals surface area (Å²) in [5.41, 5.74) is 0.128. The fourth-order valence-electron chi connectivity index (χ4n) is 3.20. The van der Waals surface area contributed by atoms with Crippen molar-refractivity contribution in [2.75, 3.05) is 11.1 Å². The first-order valence-corrected chi connectivity index (χ1v) is 11.3. The average Bonchev–Trinajstić information content (AvgIpc) is 3.20. The van der Waals surface area contributed by atoms with Crippen LogP contribution in [-0.2, 0) is 11.2 Å². The molecule has 186 valence electrons. The van der Waals surface area contributed by atoms with E-state index in [1.165, 1.54) is 18.2 Å². The number of para-hydroxylation sites is 1. The Kier molecular flexibility index (Phi) is 7.24. The summed E-state index contributed by atoms with van der Waals surface area (Å²) in [6, 6.07) is 15.1. The lowest BCUT2D eigenvalue weighted by atomic mass is 10.2. The van der Waals surface area contributed by atoms with Gasteiger partial charge in [-0.05, 0) is 36.4 Å². The molecule has 0 aliphatic rings. The number of nitrogens with one attached hydrogen (secondary N) is 3. The Bertz CT molecular complexity index is 1440. The van der Waals surface area contributed by atoms with E-state index in [0.29, 0.717) is 28.0 Å². The molecule has 0 fully saturated rings. The van der Waals surface area contributed by atoms with Crippen LogP contribution in [0.4, 0.5) is 18.9 Å². The summed E-state index contributed by atoms with van der Waals surface area (Å²) in [7, 11) is 0. The largest absolute Gasteiger partial charge is 0.573 e. The number of amides is 1. The van der Waals surface area contributed by atoms with Gasteiger partial charge in [0.15, 0.2) is 5.16 Å². The first kappa shape index (κ1) is 24.8. The van der Waals surface area contributed by atoms with Gasteiger partial charge in [0, 0.05) is 29.6 Å². The molecule has 3 N–H and O–H groups in total. The van der Waals surface area contributed by atoms with Crippen LogP contribution >= 0.6 is 11.8 Å². The summed E-state index contributed by atoms with van der Waals surface area (Å²) in [5, 5.41) is 11.3. The van der Waals surface area contributed by atoms with Gasteiger partial charge < -0.3 is 15.0 Å². The monoisotopic (exact) mass is 518 g/mol. The number of alkyl halides is 3. The third kappa shape index (κ3) is 6.63. The van der Waals surface area contributed by atoms with Gasteiger partial charge in [0.2, 0.25) is 5.91 Å². The number of hydrogen-bond acceptors (Lipinski definition) is 7. The lowest BCUT2D eigenvalue weighted by molar-refractivity contribution is -0.274. The third-order valence-electron chi connectivity index (χ3n) is 4.58. The van der Waals surface area contributed by atoms with Crippen LogP contribution < -0.4 is 21.3 Å². The van der Waals surface area contributed by atoms with Crippen LogP contribution in [0.25, 0.3) is 5.69 Å². The Hall–Kier alpha value is -4.33. The Balaban J connectivity index is 1.48. The molecule has 10 nitrogen and oxygen atoms in total. The molecule has 2 heterocycles. The molecule has 0 saturated carbocycles. The number of ether oxygens (including phenoxy) is 1. The molecule has 2 aromatic carbocycles. The van der Waals surface area contributed by atoms with E-state index in [1.807, 2.05) is 30.3 Å². The first-order valence-electron chi connectivity index (χ1n) is 10.3. The van der Waals surface area contributed by atoms with E-state index in [9.17, 15) is 27.6 Å². The second-order valence-corrected chi connectivity index (χ2v) is 8.21. The second-order valence-electron chi connectivity index (χ2n) is 7.27. The minimum absolute atomic E-state index is 0.0758. The molecule has 4 aromatic rings. The van der Waals surface area contributed by atoms with Gasteiger partial charge >= 0.3 is 12.1 Å². The molecule has 0 atom stereocenters. The van der Waals surface area contributed by atoms with Crippen molar-refractivity contribution in [2.24, 2.45) is 0 Å². The van der Waals surface area contributed by atoms with Crippen molar-refractivity contribution < 1.29 is 22.7 Å². The van der Waals surface area contributed by atoms with Gasteiger partial charge in [-0.1, -0.05) is 30.0 Å². The summed E-state index contributed by atoms with van der Waals surface area (Å²) in [6.07, 6.45) is -4.71. The maximum Gasteiger partial charge on any atom is 0.573 e.